The molecule has 0 radical (unpaired) electrons. The average Bonchev–Trinajstić information content (AvgIpc) is 2.93. The molecule has 2 atom stereocenters. The molecule has 2 unspecified atom stereocenters. The Morgan fingerprint density at radius 2 is 1.33 bits per heavy atom. The van der Waals surface area contributed by atoms with Crippen LogP contribution in [-0.4, -0.2) is 32.8 Å². The monoisotopic (exact) mass is 462 g/mol. The van der Waals surface area contributed by atoms with Gasteiger partial charge in [-0.1, -0.05) is 0 Å². The normalized spacial score (nSPS) is 22.2. The Morgan fingerprint density at radius 3 is 1.75 bits per heavy atom. The Balaban J connectivity index is 2.68. The summed E-state index contributed by atoms with van der Waals surface area (Å²) in [7, 11) is -1.36. The quantitative estimate of drug-likeness (QED) is 0.254. The van der Waals surface area contributed by atoms with Crippen molar-refractivity contribution >= 4 is 26.7 Å². The van der Waals surface area contributed by atoms with E-state index in [1.165, 1.54) is 57.8 Å². The predicted molar refractivity (Wildman–Crippen MR) is 115 cm³/mol. The Morgan fingerprint density at radius 1 is 0.833 bits per heavy atom. The standard InChI is InChI=1S/C9H19OSi.3C4H9.Sn/c1-8-5-6-9(7-8)10-11(2,3)4;3*1-3-4-2;/h8-9H,1,5-7H2,2-4H3;3*1,3-4H2,2H3;. The molecule has 1 rings (SSSR count). The minimum absolute atomic E-state index is 0.606. The van der Waals surface area contributed by atoms with Gasteiger partial charge in [0.1, 0.15) is 0 Å². The molecule has 0 heterocycles. The molecule has 0 aromatic carbocycles. The number of hydrogen-bond acceptors (Lipinski definition) is 1. The van der Waals surface area contributed by atoms with Gasteiger partial charge in [-0.2, -0.15) is 0 Å². The van der Waals surface area contributed by atoms with Crippen LogP contribution in [0.1, 0.15) is 78.6 Å². The zero-order chi connectivity index (χ0) is 18.1. The molecule has 24 heavy (non-hydrogen) atoms. The van der Waals surface area contributed by atoms with E-state index in [0.29, 0.717) is 6.10 Å². The fraction of sp³-hybridized carbons (Fsp3) is 1.00. The maximum atomic E-state index is 6.45. The molecular weight excluding hydrogens is 415 g/mol. The number of unbranched alkanes of at least 4 members (excludes halogenated alkanes) is 3. The van der Waals surface area contributed by atoms with E-state index in [2.05, 4.69) is 40.4 Å². The first kappa shape index (κ1) is 23.0. The summed E-state index contributed by atoms with van der Waals surface area (Å²) in [5.74, 6) is 1.02. The van der Waals surface area contributed by atoms with Crippen molar-refractivity contribution in [3.8, 4) is 0 Å². The van der Waals surface area contributed by atoms with Crippen molar-refractivity contribution in [2.75, 3.05) is 0 Å². The molecule has 0 aliphatic heterocycles. The summed E-state index contributed by atoms with van der Waals surface area (Å²) in [6.45, 7) is 14.2. The van der Waals surface area contributed by atoms with E-state index in [4.69, 9.17) is 4.43 Å². The van der Waals surface area contributed by atoms with Gasteiger partial charge in [-0.3, -0.25) is 0 Å². The topological polar surface area (TPSA) is 9.23 Å². The fourth-order valence-corrected chi connectivity index (χ4v) is 23.9. The minimum atomic E-state index is -1.92. The number of rotatable bonds is 13. The van der Waals surface area contributed by atoms with Gasteiger partial charge in [0.05, 0.1) is 0 Å². The SMILES string of the molecule is CCC[CH2][Sn]([CH2]CCC)([CH2]CCC)[CH2]C1CCC(O[Si](C)(C)C)C1. The Labute approximate surface area is 158 Å². The van der Waals surface area contributed by atoms with E-state index < -0.39 is 26.7 Å². The van der Waals surface area contributed by atoms with Crippen LogP contribution in [0.4, 0.5) is 0 Å². The maximum absolute atomic E-state index is 6.45. The second kappa shape index (κ2) is 11.6. The Kier molecular flexibility index (Phi) is 11.2. The summed E-state index contributed by atoms with van der Waals surface area (Å²) in [5, 5.41) is 0. The summed E-state index contributed by atoms with van der Waals surface area (Å²) in [6, 6.07) is 0. The van der Waals surface area contributed by atoms with Gasteiger partial charge in [0.15, 0.2) is 0 Å². The molecule has 0 aromatic rings. The van der Waals surface area contributed by atoms with Gasteiger partial charge in [-0.15, -0.1) is 0 Å². The van der Waals surface area contributed by atoms with Gasteiger partial charge in [0, 0.05) is 0 Å². The molecule has 1 aliphatic carbocycles. The molecule has 1 fully saturated rings. The van der Waals surface area contributed by atoms with Crippen molar-refractivity contribution < 1.29 is 4.43 Å². The van der Waals surface area contributed by atoms with E-state index in [9.17, 15) is 0 Å². The number of hydrogen-bond donors (Lipinski definition) is 0. The van der Waals surface area contributed by atoms with Gasteiger partial charge in [0.2, 0.25) is 0 Å². The van der Waals surface area contributed by atoms with Crippen molar-refractivity contribution in [1.29, 1.82) is 0 Å². The van der Waals surface area contributed by atoms with Crippen LogP contribution >= 0.6 is 0 Å². The van der Waals surface area contributed by atoms with Crippen LogP contribution in [0.3, 0.4) is 0 Å². The summed E-state index contributed by atoms with van der Waals surface area (Å²) in [6.07, 6.45) is 13.6. The van der Waals surface area contributed by atoms with Crippen LogP contribution in [0.5, 0.6) is 0 Å². The van der Waals surface area contributed by atoms with Crippen molar-refractivity contribution in [2.24, 2.45) is 5.92 Å². The molecule has 1 nitrogen and oxygen atoms in total. The van der Waals surface area contributed by atoms with Gasteiger partial charge in [-0.05, 0) is 0 Å². The third-order valence-electron chi connectivity index (χ3n) is 5.92. The first-order chi connectivity index (χ1) is 11.3. The fourth-order valence-electron chi connectivity index (χ4n) is 4.77. The van der Waals surface area contributed by atoms with E-state index >= 15 is 0 Å². The van der Waals surface area contributed by atoms with Crippen molar-refractivity contribution in [3.05, 3.63) is 0 Å². The molecule has 144 valence electrons. The Bertz CT molecular complexity index is 305. The molecule has 0 bridgehead atoms. The molecule has 0 aromatic heterocycles. The second-order valence-electron chi connectivity index (χ2n) is 9.55. The van der Waals surface area contributed by atoms with Crippen LogP contribution in [0.25, 0.3) is 0 Å². The molecule has 1 saturated carbocycles. The van der Waals surface area contributed by atoms with Crippen LogP contribution < -0.4 is 0 Å². The van der Waals surface area contributed by atoms with Crippen LogP contribution in [-0.2, 0) is 4.43 Å². The van der Waals surface area contributed by atoms with Gasteiger partial charge in [0.25, 0.3) is 0 Å². The third-order valence-corrected chi connectivity index (χ3v) is 23.2. The van der Waals surface area contributed by atoms with E-state index in [1.54, 1.807) is 17.7 Å². The van der Waals surface area contributed by atoms with E-state index in [-0.39, 0.29) is 0 Å². The predicted octanol–water partition coefficient (Wildman–Crippen LogP) is 7.86. The van der Waals surface area contributed by atoms with Crippen molar-refractivity contribution in [1.82, 2.24) is 0 Å². The van der Waals surface area contributed by atoms with Gasteiger partial charge < -0.3 is 0 Å². The molecule has 0 amide bonds. The van der Waals surface area contributed by atoms with Crippen LogP contribution in [0.15, 0.2) is 0 Å². The molecule has 3 heteroatoms. The average molecular weight is 461 g/mol. The van der Waals surface area contributed by atoms with E-state index in [1.807, 2.05) is 0 Å². The summed E-state index contributed by atoms with van der Waals surface area (Å²) in [5.41, 5.74) is 0. The summed E-state index contributed by atoms with van der Waals surface area (Å²) >= 11 is -1.92. The zero-order valence-corrected chi connectivity index (χ0v) is 21.6. The first-order valence-electron chi connectivity index (χ1n) is 11.0. The molecule has 1 aliphatic rings. The summed E-state index contributed by atoms with van der Waals surface area (Å²) in [4.78, 5) is 0. The van der Waals surface area contributed by atoms with Gasteiger partial charge in [-0.25, -0.2) is 0 Å². The van der Waals surface area contributed by atoms with Crippen LogP contribution in [0, 0.1) is 5.92 Å². The third kappa shape index (κ3) is 9.07. The Hall–Kier alpha value is 0.976. The molecule has 0 N–H and O–H groups in total. The second-order valence-corrected chi connectivity index (χ2v) is 28.0. The molecule has 0 saturated heterocycles. The van der Waals surface area contributed by atoms with Crippen molar-refractivity contribution in [3.63, 3.8) is 0 Å². The first-order valence-corrected chi connectivity index (χ1v) is 22.5. The molecular formula is C21H46OSiSn. The van der Waals surface area contributed by atoms with E-state index in [0.717, 1.165) is 5.92 Å². The van der Waals surface area contributed by atoms with Crippen LogP contribution in [0.2, 0.25) is 37.4 Å². The summed E-state index contributed by atoms with van der Waals surface area (Å²) < 4.78 is 13.2. The zero-order valence-electron chi connectivity index (χ0n) is 17.8. The van der Waals surface area contributed by atoms with Gasteiger partial charge >= 0.3 is 159 Å². The molecule has 0 spiro atoms. The van der Waals surface area contributed by atoms with Crippen molar-refractivity contribution in [2.45, 2.75) is 122 Å².